The van der Waals surface area contributed by atoms with Crippen molar-refractivity contribution >= 4 is 29.3 Å². The second-order valence-electron chi connectivity index (χ2n) is 7.52. The zero-order valence-corrected chi connectivity index (χ0v) is 19.8. The number of para-hydroxylation sites is 1. The van der Waals surface area contributed by atoms with E-state index in [1.807, 2.05) is 35.8 Å². The Hall–Kier alpha value is -3.98. The first-order valence-electron chi connectivity index (χ1n) is 10.5. The number of esters is 1. The summed E-state index contributed by atoms with van der Waals surface area (Å²) in [4.78, 5) is 28.8. The minimum atomic E-state index is -0.514. The van der Waals surface area contributed by atoms with Crippen LogP contribution in [-0.2, 0) is 9.53 Å². The number of hydrogen-bond acceptors (Lipinski definition) is 7. The van der Waals surface area contributed by atoms with E-state index in [4.69, 9.17) is 4.74 Å². The lowest BCUT2D eigenvalue weighted by molar-refractivity contribution is -0.113. The fraction of sp³-hybridized carbons (Fsp3) is 0.160. The zero-order valence-electron chi connectivity index (χ0n) is 19.0. The fourth-order valence-corrected chi connectivity index (χ4v) is 4.10. The van der Waals surface area contributed by atoms with E-state index >= 15 is 0 Å². The van der Waals surface area contributed by atoms with E-state index in [0.717, 1.165) is 16.8 Å². The fourth-order valence-electron chi connectivity index (χ4n) is 3.35. The number of methoxy groups -OCH3 is 1. The second kappa shape index (κ2) is 10.3. The lowest BCUT2D eigenvalue weighted by atomic mass is 10.1. The lowest BCUT2D eigenvalue weighted by Gasteiger charge is -2.12. The molecule has 172 valence electrons. The molecule has 0 aliphatic rings. The van der Waals surface area contributed by atoms with Crippen LogP contribution >= 0.6 is 11.8 Å². The van der Waals surface area contributed by atoms with E-state index in [0.29, 0.717) is 22.2 Å². The number of carbonyl (C=O) groups excluding carboxylic acids is 2. The van der Waals surface area contributed by atoms with Gasteiger partial charge in [-0.05, 0) is 61.4 Å². The van der Waals surface area contributed by atoms with Gasteiger partial charge in [-0.25, -0.2) is 4.79 Å². The van der Waals surface area contributed by atoms with Crippen LogP contribution in [0.3, 0.4) is 0 Å². The number of rotatable bonds is 7. The molecule has 2 aromatic heterocycles. The van der Waals surface area contributed by atoms with Gasteiger partial charge in [0.2, 0.25) is 5.91 Å². The first-order chi connectivity index (χ1) is 16.5. The van der Waals surface area contributed by atoms with Gasteiger partial charge in [-0.15, -0.1) is 10.2 Å². The molecule has 0 saturated carbocycles. The molecule has 0 atom stereocenters. The predicted octanol–water partition coefficient (Wildman–Crippen LogP) is 4.46. The van der Waals surface area contributed by atoms with E-state index < -0.39 is 5.97 Å². The molecule has 0 bridgehead atoms. The van der Waals surface area contributed by atoms with Crippen LogP contribution in [0.15, 0.2) is 72.1 Å². The maximum atomic E-state index is 12.7. The molecule has 0 spiro atoms. The van der Waals surface area contributed by atoms with Gasteiger partial charge in [0.1, 0.15) is 0 Å². The van der Waals surface area contributed by atoms with E-state index in [1.165, 1.54) is 24.4 Å². The van der Waals surface area contributed by atoms with Gasteiger partial charge >= 0.3 is 5.97 Å². The quantitative estimate of drug-likeness (QED) is 0.312. The zero-order chi connectivity index (χ0) is 24.1. The smallest absolute Gasteiger partial charge is 0.339 e. The van der Waals surface area contributed by atoms with Crippen LogP contribution in [0.1, 0.15) is 21.5 Å². The molecule has 2 heterocycles. The average Bonchev–Trinajstić information content (AvgIpc) is 3.29. The maximum Gasteiger partial charge on any atom is 0.339 e. The largest absolute Gasteiger partial charge is 0.465 e. The monoisotopic (exact) mass is 473 g/mol. The Morgan fingerprint density at radius 1 is 1.00 bits per heavy atom. The molecule has 1 N–H and O–H groups in total. The third-order valence-corrected chi connectivity index (χ3v) is 6.19. The van der Waals surface area contributed by atoms with Crippen molar-refractivity contribution in [2.24, 2.45) is 0 Å². The van der Waals surface area contributed by atoms with Crippen LogP contribution in [0.5, 0.6) is 0 Å². The van der Waals surface area contributed by atoms with Crippen molar-refractivity contribution in [3.05, 3.63) is 83.7 Å². The van der Waals surface area contributed by atoms with Crippen LogP contribution in [0.25, 0.3) is 17.1 Å². The molecule has 0 fully saturated rings. The summed E-state index contributed by atoms with van der Waals surface area (Å²) in [6, 6.07) is 16.6. The summed E-state index contributed by atoms with van der Waals surface area (Å²) in [6.07, 6.45) is 3.40. The number of aromatic nitrogens is 4. The van der Waals surface area contributed by atoms with Crippen molar-refractivity contribution in [1.82, 2.24) is 19.7 Å². The van der Waals surface area contributed by atoms with Crippen molar-refractivity contribution in [1.29, 1.82) is 0 Å². The van der Waals surface area contributed by atoms with Crippen molar-refractivity contribution in [3.8, 4) is 17.1 Å². The number of ether oxygens (including phenoxy) is 1. The molecule has 4 rings (SSSR count). The molecule has 0 radical (unpaired) electrons. The highest BCUT2D eigenvalue weighted by Crippen LogP contribution is 2.29. The van der Waals surface area contributed by atoms with Crippen molar-refractivity contribution < 1.29 is 14.3 Å². The Kier molecular flexibility index (Phi) is 7.03. The van der Waals surface area contributed by atoms with Gasteiger partial charge in [0.25, 0.3) is 0 Å². The summed E-state index contributed by atoms with van der Waals surface area (Å²) in [5, 5.41) is 12.1. The predicted molar refractivity (Wildman–Crippen MR) is 131 cm³/mol. The summed E-state index contributed by atoms with van der Waals surface area (Å²) in [5.41, 5.74) is 4.78. The lowest BCUT2D eigenvalue weighted by Crippen LogP contribution is -2.17. The third kappa shape index (κ3) is 4.99. The van der Waals surface area contributed by atoms with Gasteiger partial charge in [-0.2, -0.15) is 0 Å². The SMILES string of the molecule is COC(=O)c1ccccc1NC(=O)CSc1nnc(-c2ccncc2)n1-c1ccc(C)c(C)c1. The average molecular weight is 474 g/mol. The molecular formula is C25H23N5O3S. The molecule has 0 aliphatic carbocycles. The van der Waals surface area contributed by atoms with Gasteiger partial charge in [0.05, 0.1) is 29.8 Å². The highest BCUT2D eigenvalue weighted by Gasteiger charge is 2.19. The molecule has 8 nitrogen and oxygen atoms in total. The van der Waals surface area contributed by atoms with Gasteiger partial charge in [-0.3, -0.25) is 14.3 Å². The molecule has 2 aromatic carbocycles. The van der Waals surface area contributed by atoms with E-state index in [9.17, 15) is 9.59 Å². The first-order valence-corrected chi connectivity index (χ1v) is 11.5. The number of pyridine rings is 1. The molecule has 0 unspecified atom stereocenters. The molecule has 9 heteroatoms. The number of thioether (sulfide) groups is 1. The minimum Gasteiger partial charge on any atom is -0.465 e. The van der Waals surface area contributed by atoms with Crippen LogP contribution in [0.2, 0.25) is 0 Å². The first kappa shape index (κ1) is 23.2. The van der Waals surface area contributed by atoms with E-state index in [-0.39, 0.29) is 11.7 Å². The van der Waals surface area contributed by atoms with Crippen molar-refractivity contribution in [2.45, 2.75) is 19.0 Å². The van der Waals surface area contributed by atoms with Gasteiger partial charge < -0.3 is 10.1 Å². The van der Waals surface area contributed by atoms with Crippen LogP contribution in [0, 0.1) is 13.8 Å². The summed E-state index contributed by atoms with van der Waals surface area (Å²) in [7, 11) is 1.30. The normalized spacial score (nSPS) is 10.7. The molecular weight excluding hydrogens is 450 g/mol. The summed E-state index contributed by atoms with van der Waals surface area (Å²) in [5.74, 6) is -0.0551. The Labute approximate surface area is 201 Å². The number of nitrogens with one attached hydrogen (secondary N) is 1. The highest BCUT2D eigenvalue weighted by molar-refractivity contribution is 7.99. The molecule has 0 saturated heterocycles. The summed E-state index contributed by atoms with van der Waals surface area (Å²) >= 11 is 1.26. The Balaban J connectivity index is 1.60. The van der Waals surface area contributed by atoms with E-state index in [1.54, 1.807) is 36.7 Å². The van der Waals surface area contributed by atoms with Gasteiger partial charge in [0, 0.05) is 18.0 Å². The molecule has 34 heavy (non-hydrogen) atoms. The molecule has 4 aromatic rings. The van der Waals surface area contributed by atoms with Gasteiger partial charge in [0.15, 0.2) is 11.0 Å². The Bertz CT molecular complexity index is 1340. The van der Waals surface area contributed by atoms with Crippen molar-refractivity contribution in [2.75, 3.05) is 18.2 Å². The van der Waals surface area contributed by atoms with Crippen molar-refractivity contribution in [3.63, 3.8) is 0 Å². The number of anilines is 1. The van der Waals surface area contributed by atoms with Gasteiger partial charge in [-0.1, -0.05) is 30.0 Å². The van der Waals surface area contributed by atoms with Crippen LogP contribution in [-0.4, -0.2) is 44.5 Å². The number of benzene rings is 2. The number of hydrogen-bond donors (Lipinski definition) is 1. The molecule has 1 amide bonds. The second-order valence-corrected chi connectivity index (χ2v) is 8.46. The maximum absolute atomic E-state index is 12.7. The number of carbonyl (C=O) groups is 2. The number of amides is 1. The number of aryl methyl sites for hydroxylation is 2. The summed E-state index contributed by atoms with van der Waals surface area (Å²) < 4.78 is 6.73. The standard InChI is InChI=1S/C25H23N5O3S/c1-16-8-9-19(14-17(16)2)30-23(18-10-12-26-13-11-18)28-29-25(30)34-15-22(31)27-21-7-5-4-6-20(21)24(32)33-3/h4-14H,15H2,1-3H3,(H,27,31). The van der Waals surface area contributed by atoms with Crippen LogP contribution in [0.4, 0.5) is 5.69 Å². The Morgan fingerprint density at radius 3 is 2.50 bits per heavy atom. The number of nitrogens with zero attached hydrogens (tertiary/aromatic N) is 4. The molecule has 0 aliphatic heterocycles. The highest BCUT2D eigenvalue weighted by atomic mass is 32.2. The minimum absolute atomic E-state index is 0.0782. The summed E-state index contributed by atoms with van der Waals surface area (Å²) in [6.45, 7) is 4.11. The Morgan fingerprint density at radius 2 is 1.76 bits per heavy atom. The topological polar surface area (TPSA) is 99.0 Å². The van der Waals surface area contributed by atoms with E-state index in [2.05, 4.69) is 33.5 Å². The third-order valence-electron chi connectivity index (χ3n) is 5.26. The van der Waals surface area contributed by atoms with Crippen LogP contribution < -0.4 is 5.32 Å².